The van der Waals surface area contributed by atoms with E-state index < -0.39 is 5.41 Å². The molecule has 3 rings (SSSR count). The molecule has 0 bridgehead atoms. The number of hydrogen-bond donors (Lipinski definition) is 2. The Morgan fingerprint density at radius 1 is 1.27 bits per heavy atom. The highest BCUT2D eigenvalue weighted by atomic mass is 32.1. The molecule has 1 aromatic heterocycles. The first-order valence-electron chi connectivity index (χ1n) is 8.36. The Balaban J connectivity index is 2.10. The normalized spacial score (nSPS) is 15.8. The highest BCUT2D eigenvalue weighted by molar-refractivity contribution is 7.80. The Morgan fingerprint density at radius 3 is 2.65 bits per heavy atom. The van der Waals surface area contributed by atoms with E-state index in [2.05, 4.69) is 16.4 Å². The first-order chi connectivity index (χ1) is 12.3. The van der Waals surface area contributed by atoms with E-state index in [1.807, 2.05) is 51.4 Å². The lowest BCUT2D eigenvalue weighted by Crippen LogP contribution is -2.45. The summed E-state index contributed by atoms with van der Waals surface area (Å²) in [7, 11) is 0. The molecule has 2 aromatic rings. The number of nitrogens with one attached hydrogen (secondary N) is 1. The van der Waals surface area contributed by atoms with Crippen LogP contribution in [0.15, 0.2) is 48.6 Å². The van der Waals surface area contributed by atoms with Gasteiger partial charge < -0.3 is 11.1 Å². The number of benzene rings is 1. The fraction of sp³-hybridized carbons (Fsp3) is 0.250. The van der Waals surface area contributed by atoms with E-state index in [0.717, 1.165) is 27.9 Å². The third kappa shape index (κ3) is 2.97. The summed E-state index contributed by atoms with van der Waals surface area (Å²) in [5.41, 5.74) is 10.4. The minimum absolute atomic E-state index is 0.0608. The van der Waals surface area contributed by atoms with Gasteiger partial charge in [0.05, 0.1) is 11.1 Å². The van der Waals surface area contributed by atoms with Gasteiger partial charge in [-0.25, -0.2) is 0 Å². The molecule has 0 unspecified atom stereocenters. The van der Waals surface area contributed by atoms with Gasteiger partial charge >= 0.3 is 0 Å². The Morgan fingerprint density at radius 2 is 2.00 bits per heavy atom. The monoisotopic (exact) mass is 366 g/mol. The van der Waals surface area contributed by atoms with Crippen molar-refractivity contribution in [2.45, 2.75) is 33.1 Å². The predicted octanol–water partition coefficient (Wildman–Crippen LogP) is 3.38. The summed E-state index contributed by atoms with van der Waals surface area (Å²) in [6, 6.07) is 8.08. The number of aryl methyl sites for hydroxylation is 1. The number of amides is 1. The molecular formula is C20H22N4OS. The fourth-order valence-corrected chi connectivity index (χ4v) is 3.45. The van der Waals surface area contributed by atoms with Crippen LogP contribution >= 0.6 is 12.2 Å². The van der Waals surface area contributed by atoms with Crippen LogP contribution < -0.4 is 16.0 Å². The smallest absolute Gasteiger partial charge is 0.243 e. The number of allylic oxidation sites excluding steroid dienone is 1. The number of carbonyl (C=O) groups is 1. The van der Waals surface area contributed by atoms with Gasteiger partial charge in [-0.3, -0.25) is 14.7 Å². The number of rotatable bonds is 2. The molecule has 1 aromatic carbocycles. The number of hydrogen-bond acceptors (Lipinski definition) is 4. The lowest BCUT2D eigenvalue weighted by atomic mass is 9.85. The average molecular weight is 366 g/mol. The summed E-state index contributed by atoms with van der Waals surface area (Å²) in [4.78, 5) is 18.9. The lowest BCUT2D eigenvalue weighted by Gasteiger charge is -2.22. The molecule has 1 amide bonds. The Labute approximate surface area is 158 Å². The van der Waals surface area contributed by atoms with E-state index in [9.17, 15) is 4.79 Å². The van der Waals surface area contributed by atoms with Gasteiger partial charge in [-0.15, -0.1) is 0 Å². The summed E-state index contributed by atoms with van der Waals surface area (Å²) in [5, 5.41) is 3.33. The van der Waals surface area contributed by atoms with Crippen molar-refractivity contribution < 1.29 is 4.79 Å². The van der Waals surface area contributed by atoms with Crippen LogP contribution in [0.5, 0.6) is 0 Å². The number of fused-ring (bicyclic) bond motifs is 1. The molecule has 5 nitrogen and oxygen atoms in total. The van der Waals surface area contributed by atoms with Gasteiger partial charge in [-0.05, 0) is 68.7 Å². The van der Waals surface area contributed by atoms with Crippen LogP contribution in [-0.2, 0) is 10.2 Å². The van der Waals surface area contributed by atoms with Gasteiger partial charge in [0.15, 0.2) is 5.11 Å². The molecule has 2 heterocycles. The van der Waals surface area contributed by atoms with E-state index in [1.54, 1.807) is 11.8 Å². The van der Waals surface area contributed by atoms with Crippen molar-refractivity contribution in [2.75, 3.05) is 4.90 Å². The summed E-state index contributed by atoms with van der Waals surface area (Å²) in [6.07, 6.45) is 5.06. The van der Waals surface area contributed by atoms with Crippen molar-refractivity contribution >= 4 is 28.9 Å². The maximum Gasteiger partial charge on any atom is 0.243 e. The maximum atomic E-state index is 13.0. The van der Waals surface area contributed by atoms with Crippen molar-refractivity contribution in [3.63, 3.8) is 0 Å². The summed E-state index contributed by atoms with van der Waals surface area (Å²) < 4.78 is 0. The molecule has 0 fully saturated rings. The number of aromatic nitrogens is 1. The van der Waals surface area contributed by atoms with Gasteiger partial charge in [-0.2, -0.15) is 0 Å². The molecular weight excluding hydrogens is 344 g/mol. The third-order valence-electron chi connectivity index (χ3n) is 4.62. The van der Waals surface area contributed by atoms with Crippen LogP contribution in [0.4, 0.5) is 5.69 Å². The fourth-order valence-electron chi connectivity index (χ4n) is 3.11. The molecule has 1 aliphatic rings. The number of pyridine rings is 1. The van der Waals surface area contributed by atoms with Gasteiger partial charge in [0.1, 0.15) is 0 Å². The quantitative estimate of drug-likeness (QED) is 0.798. The van der Waals surface area contributed by atoms with Gasteiger partial charge in [-0.1, -0.05) is 12.1 Å². The molecule has 1 aliphatic heterocycles. The number of carbonyl (C=O) groups excluding carboxylic acids is 1. The topological polar surface area (TPSA) is 71.2 Å². The first-order valence-corrected chi connectivity index (χ1v) is 8.77. The van der Waals surface area contributed by atoms with Crippen LogP contribution in [0, 0.1) is 6.92 Å². The van der Waals surface area contributed by atoms with E-state index >= 15 is 0 Å². The molecule has 3 N–H and O–H groups in total. The number of thiocarbonyl (C=S) groups is 1. The zero-order chi connectivity index (χ0) is 19.1. The Bertz CT molecular complexity index is 933. The molecule has 0 atom stereocenters. The minimum Gasteiger partial charge on any atom is -0.403 e. The number of anilines is 1. The zero-order valence-corrected chi connectivity index (χ0v) is 16.1. The van der Waals surface area contributed by atoms with Crippen molar-refractivity contribution in [1.82, 2.24) is 10.3 Å². The first kappa shape index (κ1) is 18.1. The van der Waals surface area contributed by atoms with Gasteiger partial charge in [0.25, 0.3) is 0 Å². The van der Waals surface area contributed by atoms with E-state index in [4.69, 9.17) is 18.0 Å². The highest BCUT2D eigenvalue weighted by Gasteiger charge is 2.45. The molecule has 0 saturated carbocycles. The molecule has 6 heteroatoms. The molecule has 0 aliphatic carbocycles. The molecule has 0 saturated heterocycles. The van der Waals surface area contributed by atoms with E-state index in [0.29, 0.717) is 10.8 Å². The highest BCUT2D eigenvalue weighted by Crippen LogP contribution is 2.43. The van der Waals surface area contributed by atoms with Crippen LogP contribution in [0.1, 0.15) is 31.9 Å². The van der Waals surface area contributed by atoms with Crippen molar-refractivity contribution in [3.8, 4) is 11.1 Å². The maximum absolute atomic E-state index is 13.0. The second kappa shape index (κ2) is 6.53. The zero-order valence-electron chi connectivity index (χ0n) is 15.3. The Kier molecular flexibility index (Phi) is 4.54. The molecule has 134 valence electrons. The molecule has 0 spiro atoms. The van der Waals surface area contributed by atoms with Crippen LogP contribution in [0.25, 0.3) is 11.1 Å². The SMILES string of the molecule is C/C(=C/N)NC(=S)N1C(=O)C(C)(C)c2ccc(-c3cncc(C)c3)cc21. The van der Waals surface area contributed by atoms with Crippen molar-refractivity contribution in [2.24, 2.45) is 5.73 Å². The Hall–Kier alpha value is -2.73. The van der Waals surface area contributed by atoms with E-state index in [-0.39, 0.29) is 5.91 Å². The van der Waals surface area contributed by atoms with Crippen molar-refractivity contribution in [1.29, 1.82) is 0 Å². The molecule has 26 heavy (non-hydrogen) atoms. The summed E-state index contributed by atoms with van der Waals surface area (Å²) in [5.74, 6) is -0.0608. The van der Waals surface area contributed by atoms with Crippen LogP contribution in [-0.4, -0.2) is 16.0 Å². The van der Waals surface area contributed by atoms with Gasteiger partial charge in [0.2, 0.25) is 5.91 Å². The van der Waals surface area contributed by atoms with E-state index in [1.165, 1.54) is 6.20 Å². The van der Waals surface area contributed by atoms with Gasteiger partial charge in [0, 0.05) is 29.9 Å². The molecule has 0 radical (unpaired) electrons. The second-order valence-electron chi connectivity index (χ2n) is 7.03. The predicted molar refractivity (Wildman–Crippen MR) is 109 cm³/mol. The van der Waals surface area contributed by atoms with Crippen LogP contribution in [0.3, 0.4) is 0 Å². The summed E-state index contributed by atoms with van der Waals surface area (Å²) in [6.45, 7) is 7.63. The number of nitrogens with zero attached hydrogens (tertiary/aromatic N) is 2. The number of nitrogens with two attached hydrogens (primary N) is 1. The standard InChI is InChI=1S/C20H22N4OS/c1-12-7-15(11-22-10-12)14-5-6-16-17(8-14)24(18(25)20(16,3)4)19(26)23-13(2)9-21/h5-11H,21H2,1-4H3,(H,23,26)/b13-9-. The third-order valence-corrected chi connectivity index (χ3v) is 4.90. The largest absolute Gasteiger partial charge is 0.403 e. The lowest BCUT2D eigenvalue weighted by molar-refractivity contribution is -0.121. The summed E-state index contributed by atoms with van der Waals surface area (Å²) >= 11 is 5.48. The van der Waals surface area contributed by atoms with Crippen molar-refractivity contribution in [3.05, 3.63) is 59.7 Å². The van der Waals surface area contributed by atoms with Crippen LogP contribution in [0.2, 0.25) is 0 Å². The second-order valence-corrected chi connectivity index (χ2v) is 7.41. The average Bonchev–Trinajstić information content (AvgIpc) is 2.80. The minimum atomic E-state index is -0.648.